The fraction of sp³-hybridized carbons (Fsp3) is 1.00. The third kappa shape index (κ3) is 2.87. The molecule has 2 saturated heterocycles. The van der Waals surface area contributed by atoms with Gasteiger partial charge < -0.3 is 10.6 Å². The highest BCUT2D eigenvalue weighted by Crippen LogP contribution is 2.39. The average Bonchev–Trinajstić information content (AvgIpc) is 2.81. The molecule has 0 aromatic heterocycles. The molecule has 2 rings (SSSR count). The van der Waals surface area contributed by atoms with Crippen LogP contribution in [-0.4, -0.2) is 65.6 Å². The van der Waals surface area contributed by atoms with Gasteiger partial charge in [0.2, 0.25) is 0 Å². The van der Waals surface area contributed by atoms with E-state index in [0.717, 1.165) is 17.8 Å². The van der Waals surface area contributed by atoms with Crippen molar-refractivity contribution in [2.45, 2.75) is 49.9 Å². The zero-order valence-electron chi connectivity index (χ0n) is 12.2. The van der Waals surface area contributed by atoms with E-state index >= 15 is 0 Å². The Hall–Kier alpha value is 0.230. The van der Waals surface area contributed by atoms with Gasteiger partial charge in [-0.25, -0.2) is 0 Å². The Kier molecular flexibility index (Phi) is 4.98. The van der Waals surface area contributed by atoms with E-state index in [9.17, 15) is 0 Å². The van der Waals surface area contributed by atoms with E-state index in [1.165, 1.54) is 44.6 Å². The third-order valence-corrected chi connectivity index (χ3v) is 6.42. The highest BCUT2D eigenvalue weighted by Gasteiger charge is 2.43. The second kappa shape index (κ2) is 6.12. The highest BCUT2D eigenvalue weighted by molar-refractivity contribution is 8.00. The van der Waals surface area contributed by atoms with Gasteiger partial charge in [0.25, 0.3) is 0 Å². The lowest BCUT2D eigenvalue weighted by Gasteiger charge is -2.45. The fourth-order valence-electron chi connectivity index (χ4n) is 3.49. The smallest absolute Gasteiger partial charge is 0.0432 e. The van der Waals surface area contributed by atoms with E-state index in [1.54, 1.807) is 0 Å². The van der Waals surface area contributed by atoms with Gasteiger partial charge in [-0.1, -0.05) is 13.8 Å². The van der Waals surface area contributed by atoms with Crippen LogP contribution >= 0.6 is 11.8 Å². The van der Waals surface area contributed by atoms with Crippen LogP contribution in [0.3, 0.4) is 0 Å². The first kappa shape index (κ1) is 14.6. The van der Waals surface area contributed by atoms with Crippen molar-refractivity contribution in [3.63, 3.8) is 0 Å². The fourth-order valence-corrected chi connectivity index (χ4v) is 4.95. The molecule has 0 amide bonds. The van der Waals surface area contributed by atoms with Crippen LogP contribution < -0.4 is 5.73 Å². The highest BCUT2D eigenvalue weighted by atomic mass is 32.2. The van der Waals surface area contributed by atoms with Crippen LogP contribution in [0.4, 0.5) is 0 Å². The summed E-state index contributed by atoms with van der Waals surface area (Å²) in [6.45, 7) is 9.14. The summed E-state index contributed by atoms with van der Waals surface area (Å²) in [5.41, 5.74) is 6.39. The van der Waals surface area contributed by atoms with Gasteiger partial charge in [-0.2, -0.15) is 11.8 Å². The molecule has 4 heteroatoms. The van der Waals surface area contributed by atoms with Crippen molar-refractivity contribution in [2.24, 2.45) is 5.73 Å². The molecule has 106 valence electrons. The van der Waals surface area contributed by atoms with Crippen LogP contribution in [-0.2, 0) is 0 Å². The molecule has 2 aliphatic rings. The first-order valence-electron chi connectivity index (χ1n) is 7.38. The van der Waals surface area contributed by atoms with Crippen molar-refractivity contribution in [2.75, 3.05) is 39.0 Å². The lowest BCUT2D eigenvalue weighted by atomic mass is 9.90. The van der Waals surface area contributed by atoms with Crippen molar-refractivity contribution in [3.05, 3.63) is 0 Å². The lowest BCUT2D eigenvalue weighted by Crippen LogP contribution is -2.58. The van der Waals surface area contributed by atoms with E-state index in [0.29, 0.717) is 0 Å². The first-order valence-corrected chi connectivity index (χ1v) is 8.43. The molecule has 18 heavy (non-hydrogen) atoms. The second-order valence-electron chi connectivity index (χ2n) is 6.03. The van der Waals surface area contributed by atoms with Crippen LogP contribution in [0.25, 0.3) is 0 Å². The summed E-state index contributed by atoms with van der Waals surface area (Å²) in [7, 11) is 2.32. The van der Waals surface area contributed by atoms with E-state index < -0.39 is 0 Å². The first-order chi connectivity index (χ1) is 8.61. The van der Waals surface area contributed by atoms with Crippen molar-refractivity contribution in [3.8, 4) is 0 Å². The number of likely N-dealkylation sites (N-methyl/N-ethyl adjacent to an activating group) is 1. The summed E-state index contributed by atoms with van der Waals surface area (Å²) in [6, 6.07) is 0.738. The van der Waals surface area contributed by atoms with Crippen LogP contribution in [0.2, 0.25) is 0 Å². The van der Waals surface area contributed by atoms with Gasteiger partial charge in [-0.15, -0.1) is 0 Å². The molecular weight excluding hydrogens is 242 g/mol. The van der Waals surface area contributed by atoms with Gasteiger partial charge in [0.15, 0.2) is 0 Å². The Morgan fingerprint density at radius 2 is 2.06 bits per heavy atom. The molecular formula is C14H29N3S. The summed E-state index contributed by atoms with van der Waals surface area (Å²) < 4.78 is 0. The Morgan fingerprint density at radius 1 is 1.39 bits per heavy atom. The number of piperidine rings is 1. The number of nitrogens with two attached hydrogens (primary N) is 1. The molecule has 3 nitrogen and oxygen atoms in total. The molecule has 2 heterocycles. The maximum atomic E-state index is 6.13. The molecule has 0 aromatic rings. The SMILES string of the molecule is CCN1CCC(N(C)C2(CN)CSC(C)C2)CC1. The maximum Gasteiger partial charge on any atom is 0.0432 e. The third-order valence-electron chi connectivity index (χ3n) is 4.98. The number of nitrogens with zero attached hydrogens (tertiary/aromatic N) is 2. The van der Waals surface area contributed by atoms with Crippen molar-refractivity contribution >= 4 is 11.8 Å². The van der Waals surface area contributed by atoms with Crippen molar-refractivity contribution < 1.29 is 0 Å². The zero-order valence-corrected chi connectivity index (χ0v) is 13.0. The molecule has 0 saturated carbocycles. The van der Waals surface area contributed by atoms with E-state index in [1.807, 2.05) is 0 Å². The average molecular weight is 271 g/mol. The van der Waals surface area contributed by atoms with Gasteiger partial charge in [0.05, 0.1) is 0 Å². The lowest BCUT2D eigenvalue weighted by molar-refractivity contribution is 0.0519. The number of hydrogen-bond donors (Lipinski definition) is 1. The zero-order chi connectivity index (χ0) is 13.2. The predicted octanol–water partition coefficient (Wildman–Crippen LogP) is 1.63. The number of hydrogen-bond acceptors (Lipinski definition) is 4. The van der Waals surface area contributed by atoms with E-state index in [4.69, 9.17) is 5.73 Å². The minimum absolute atomic E-state index is 0.267. The number of rotatable bonds is 4. The van der Waals surface area contributed by atoms with Gasteiger partial charge in [0, 0.05) is 29.1 Å². The van der Waals surface area contributed by atoms with Crippen LogP contribution in [0, 0.1) is 0 Å². The topological polar surface area (TPSA) is 32.5 Å². The molecule has 2 aliphatic heterocycles. The van der Waals surface area contributed by atoms with Crippen molar-refractivity contribution in [1.82, 2.24) is 9.80 Å². The molecule has 2 atom stereocenters. The molecule has 0 aliphatic carbocycles. The maximum absolute atomic E-state index is 6.13. The Morgan fingerprint density at radius 3 is 2.50 bits per heavy atom. The second-order valence-corrected chi connectivity index (χ2v) is 7.46. The van der Waals surface area contributed by atoms with Gasteiger partial charge in [-0.05, 0) is 45.9 Å². The molecule has 0 spiro atoms. The Labute approximate surface area is 116 Å². The summed E-state index contributed by atoms with van der Waals surface area (Å²) in [6.07, 6.45) is 3.88. The van der Waals surface area contributed by atoms with Gasteiger partial charge in [0.1, 0.15) is 0 Å². The van der Waals surface area contributed by atoms with E-state index in [-0.39, 0.29) is 5.54 Å². The summed E-state index contributed by atoms with van der Waals surface area (Å²) in [5.74, 6) is 1.22. The number of thioether (sulfide) groups is 1. The van der Waals surface area contributed by atoms with Crippen LogP contribution in [0.15, 0.2) is 0 Å². The molecule has 0 bridgehead atoms. The monoisotopic (exact) mass is 271 g/mol. The van der Waals surface area contributed by atoms with Crippen LogP contribution in [0.1, 0.15) is 33.1 Å². The summed E-state index contributed by atoms with van der Waals surface area (Å²) >= 11 is 2.09. The minimum Gasteiger partial charge on any atom is -0.329 e. The van der Waals surface area contributed by atoms with Gasteiger partial charge in [-0.3, -0.25) is 4.90 Å². The van der Waals surface area contributed by atoms with Crippen LogP contribution in [0.5, 0.6) is 0 Å². The van der Waals surface area contributed by atoms with Crippen molar-refractivity contribution in [1.29, 1.82) is 0 Å². The van der Waals surface area contributed by atoms with Gasteiger partial charge >= 0.3 is 0 Å². The molecule has 2 N–H and O–H groups in total. The Balaban J connectivity index is 1.96. The Bertz CT molecular complexity index is 266. The quantitative estimate of drug-likeness (QED) is 0.842. The summed E-state index contributed by atoms with van der Waals surface area (Å²) in [4.78, 5) is 5.20. The largest absolute Gasteiger partial charge is 0.329 e. The molecule has 2 unspecified atom stereocenters. The molecule has 0 aromatic carbocycles. The normalized spacial score (nSPS) is 35.5. The minimum atomic E-state index is 0.267. The van der Waals surface area contributed by atoms with E-state index in [2.05, 4.69) is 42.5 Å². The molecule has 2 fully saturated rings. The summed E-state index contributed by atoms with van der Waals surface area (Å²) in [5, 5.41) is 0.770. The molecule has 0 radical (unpaired) electrons. The number of likely N-dealkylation sites (tertiary alicyclic amines) is 1. The standard InChI is InChI=1S/C14H29N3S/c1-4-17-7-5-13(6-8-17)16(3)14(10-15)9-12(2)18-11-14/h12-13H,4-11,15H2,1-3H3. The predicted molar refractivity (Wildman–Crippen MR) is 81.2 cm³/mol.